The Morgan fingerprint density at radius 2 is 1.84 bits per heavy atom. The van der Waals surface area contributed by atoms with Crippen molar-refractivity contribution in [3.8, 4) is 0 Å². The van der Waals surface area contributed by atoms with Crippen LogP contribution in [0.2, 0.25) is 0 Å². The average molecular weight is 820 g/mol. The summed E-state index contributed by atoms with van der Waals surface area (Å²) < 4.78 is 20.9. The number of hydrogen-bond donors (Lipinski definition) is 8. The Balaban J connectivity index is 1.47. The first-order valence-electron chi connectivity index (χ1n) is 23.2. The number of aliphatic hydroxyl groups is 4. The molecule has 6 fully saturated rings. The van der Waals surface area contributed by atoms with Crippen molar-refractivity contribution in [3.63, 3.8) is 0 Å². The molecule has 4 heterocycles. The second-order valence-electron chi connectivity index (χ2n) is 19.6. The first-order valence-corrected chi connectivity index (χ1v) is 23.2. The molecule has 58 heavy (non-hydrogen) atoms. The molecule has 11 N–H and O–H groups in total. The number of carbonyl (C=O) groups is 2. The molecule has 6 aliphatic rings. The average Bonchev–Trinajstić information content (AvgIpc) is 3.20. The molecule has 13 unspecified atom stereocenters. The summed E-state index contributed by atoms with van der Waals surface area (Å²) in [4.78, 5) is 27.9. The van der Waals surface area contributed by atoms with E-state index in [1.165, 1.54) is 0 Å². The third kappa shape index (κ3) is 10.2. The van der Waals surface area contributed by atoms with Gasteiger partial charge in [0.25, 0.3) is 0 Å². The summed E-state index contributed by atoms with van der Waals surface area (Å²) in [5, 5.41) is 51.1. The summed E-state index contributed by atoms with van der Waals surface area (Å²) in [6.07, 6.45) is 8.98. The van der Waals surface area contributed by atoms with E-state index in [-0.39, 0.29) is 67.3 Å². The van der Waals surface area contributed by atoms with Gasteiger partial charge < -0.3 is 51.0 Å². The maximum Gasteiger partial charge on any atom is 0.333 e. The first kappa shape index (κ1) is 46.0. The molecule has 0 aromatic rings. The van der Waals surface area contributed by atoms with E-state index in [4.69, 9.17) is 25.7 Å². The third-order valence-electron chi connectivity index (χ3n) is 15.9. The summed E-state index contributed by atoms with van der Waals surface area (Å²) in [6, 6.07) is 0. The first-order chi connectivity index (χ1) is 27.8. The SMILES string of the molecule is CC=C(C)C(=O)O[C@@H]1CC2C(O)C3C(=O)CC(CO)OC3C([C@@H](C3CCNC(N)C3)[C@H](CO)C3CCCC(O)C3)C2O[C@]1(C)C[C@@H](CCCCC)C1CCC(N)[NH2+]C1. The minimum absolute atomic E-state index is 0.00104. The van der Waals surface area contributed by atoms with E-state index in [0.717, 1.165) is 70.8 Å². The maximum absolute atomic E-state index is 14.2. The minimum Gasteiger partial charge on any atom is -0.456 e. The Labute approximate surface area is 347 Å². The molecule has 0 spiro atoms. The molecule has 0 amide bonds. The lowest BCUT2D eigenvalue weighted by Crippen LogP contribution is -2.95. The van der Waals surface area contributed by atoms with Crippen molar-refractivity contribution in [3.05, 3.63) is 11.6 Å². The number of Topliss-reactive ketones (excluding diaryl/α,β-unsaturated/α-hetero) is 1. The van der Waals surface area contributed by atoms with Crippen LogP contribution in [0.1, 0.15) is 124 Å². The van der Waals surface area contributed by atoms with E-state index in [0.29, 0.717) is 43.7 Å². The van der Waals surface area contributed by atoms with Gasteiger partial charge in [-0.05, 0) is 115 Å². The normalized spacial score (nSPS) is 42.8. The van der Waals surface area contributed by atoms with Crippen LogP contribution < -0.4 is 22.1 Å². The Morgan fingerprint density at radius 3 is 2.50 bits per heavy atom. The molecule has 13 nitrogen and oxygen atoms in total. The van der Waals surface area contributed by atoms with Gasteiger partial charge in [0.2, 0.25) is 0 Å². The Bertz CT molecular complexity index is 1380. The largest absolute Gasteiger partial charge is 0.456 e. The van der Waals surface area contributed by atoms with Gasteiger partial charge in [0, 0.05) is 42.8 Å². The van der Waals surface area contributed by atoms with E-state index in [9.17, 15) is 30.0 Å². The zero-order valence-electron chi connectivity index (χ0n) is 35.9. The number of nitrogens with one attached hydrogen (secondary N) is 1. The van der Waals surface area contributed by atoms with Crippen molar-refractivity contribution in [2.24, 2.45) is 64.7 Å². The highest BCUT2D eigenvalue weighted by atomic mass is 16.6. The van der Waals surface area contributed by atoms with E-state index < -0.39 is 65.9 Å². The number of unbranched alkanes of at least 4 members (excludes halogenated alkanes) is 2. The molecular weight excluding hydrogens is 741 g/mol. The van der Waals surface area contributed by atoms with Gasteiger partial charge in [0.1, 0.15) is 23.7 Å². The van der Waals surface area contributed by atoms with Gasteiger partial charge in [0.15, 0.2) is 0 Å². The second-order valence-corrected chi connectivity index (χ2v) is 19.6. The zero-order valence-corrected chi connectivity index (χ0v) is 35.9. The predicted octanol–water partition coefficient (Wildman–Crippen LogP) is 2.26. The van der Waals surface area contributed by atoms with Crippen molar-refractivity contribution in [2.45, 2.75) is 179 Å². The topological polar surface area (TPSA) is 223 Å². The highest BCUT2D eigenvalue weighted by molar-refractivity contribution is 5.87. The number of aliphatic hydroxyl groups excluding tert-OH is 4. The lowest BCUT2D eigenvalue weighted by molar-refractivity contribution is -0.704. The van der Waals surface area contributed by atoms with Crippen LogP contribution in [-0.4, -0.2) is 113 Å². The highest BCUT2D eigenvalue weighted by Gasteiger charge is 2.64. The quantitative estimate of drug-likeness (QED) is 0.0678. The molecule has 332 valence electrons. The summed E-state index contributed by atoms with van der Waals surface area (Å²) >= 11 is 0. The molecule has 13 heteroatoms. The second kappa shape index (κ2) is 20.6. The minimum atomic E-state index is -1.12. The van der Waals surface area contributed by atoms with Crippen molar-refractivity contribution in [1.29, 1.82) is 0 Å². The maximum atomic E-state index is 14.2. The fourth-order valence-corrected chi connectivity index (χ4v) is 12.7. The third-order valence-corrected chi connectivity index (χ3v) is 15.9. The molecule has 4 aliphatic heterocycles. The Kier molecular flexibility index (Phi) is 16.3. The monoisotopic (exact) mass is 820 g/mol. The smallest absolute Gasteiger partial charge is 0.333 e. The lowest BCUT2D eigenvalue weighted by atomic mass is 9.53. The van der Waals surface area contributed by atoms with Crippen LogP contribution in [0, 0.1) is 53.3 Å². The number of allylic oxidation sites excluding steroid dienone is 1. The number of nitrogens with two attached hydrogens (primary N) is 3. The van der Waals surface area contributed by atoms with Crippen LogP contribution in [0.15, 0.2) is 11.6 Å². The van der Waals surface area contributed by atoms with Gasteiger partial charge in [-0.1, -0.05) is 38.7 Å². The highest BCUT2D eigenvalue weighted by Crippen LogP contribution is 2.56. The number of ether oxygens (including phenoxy) is 3. The number of hydrogen-bond acceptors (Lipinski definition) is 12. The number of piperidine rings is 2. The van der Waals surface area contributed by atoms with Crippen molar-refractivity contribution >= 4 is 11.8 Å². The van der Waals surface area contributed by atoms with Gasteiger partial charge in [-0.15, -0.1) is 0 Å². The summed E-state index contributed by atoms with van der Waals surface area (Å²) in [6.45, 7) is 9.07. The fraction of sp³-hybridized carbons (Fsp3) is 0.911. The van der Waals surface area contributed by atoms with Gasteiger partial charge >= 0.3 is 5.97 Å². The van der Waals surface area contributed by atoms with Crippen molar-refractivity contribution in [1.82, 2.24) is 5.32 Å². The van der Waals surface area contributed by atoms with Gasteiger partial charge in [-0.2, -0.15) is 0 Å². The van der Waals surface area contributed by atoms with E-state index >= 15 is 0 Å². The number of carbonyl (C=O) groups excluding carboxylic acids is 2. The molecule has 18 atom stereocenters. The predicted molar refractivity (Wildman–Crippen MR) is 220 cm³/mol. The Morgan fingerprint density at radius 1 is 1.05 bits per heavy atom. The van der Waals surface area contributed by atoms with Crippen LogP contribution in [0.25, 0.3) is 0 Å². The van der Waals surface area contributed by atoms with E-state index in [1.54, 1.807) is 13.0 Å². The zero-order chi connectivity index (χ0) is 41.7. The molecule has 2 aliphatic carbocycles. The van der Waals surface area contributed by atoms with Gasteiger partial charge in [0.05, 0.1) is 55.8 Å². The Hall–Kier alpha value is -1.52. The van der Waals surface area contributed by atoms with Crippen LogP contribution in [0.5, 0.6) is 0 Å². The van der Waals surface area contributed by atoms with E-state index in [2.05, 4.69) is 24.5 Å². The number of esters is 1. The van der Waals surface area contributed by atoms with Crippen molar-refractivity contribution in [2.75, 3.05) is 26.3 Å². The van der Waals surface area contributed by atoms with Crippen molar-refractivity contribution < 1.29 is 49.5 Å². The number of quaternary nitrogens is 1. The van der Waals surface area contributed by atoms with Gasteiger partial charge in [-0.25, -0.2) is 4.79 Å². The molecular formula is C45H79N4O9+. The summed E-state index contributed by atoms with van der Waals surface area (Å²) in [5.41, 5.74) is 12.6. The van der Waals surface area contributed by atoms with Crippen LogP contribution in [0.4, 0.5) is 0 Å². The van der Waals surface area contributed by atoms with Crippen LogP contribution in [0.3, 0.4) is 0 Å². The van der Waals surface area contributed by atoms with Crippen LogP contribution >= 0.6 is 0 Å². The number of fused-ring (bicyclic) bond motifs is 2. The molecule has 4 saturated heterocycles. The van der Waals surface area contributed by atoms with Gasteiger partial charge in [-0.3, -0.25) is 10.5 Å². The molecule has 0 radical (unpaired) electrons. The molecule has 0 aromatic carbocycles. The lowest BCUT2D eigenvalue weighted by Gasteiger charge is -2.61. The number of ketones is 1. The summed E-state index contributed by atoms with van der Waals surface area (Å²) in [5.74, 6) is -2.15. The molecule has 0 aromatic heterocycles. The number of rotatable bonds is 15. The summed E-state index contributed by atoms with van der Waals surface area (Å²) in [7, 11) is 0. The molecule has 6 rings (SSSR count). The molecule has 0 bridgehead atoms. The van der Waals surface area contributed by atoms with Crippen LogP contribution in [-0.2, 0) is 23.8 Å². The standard InChI is InChI=1S/C45H78N4O9/c1-5-7-8-10-28(29-13-14-36(46)49-22-29)21-45(4)35(57-44(55)25(3)6-2)20-32-41(54)39-34(53)19-31(23-50)56-43(39)40(42(32)58-45)38(27-15-16-48-37(47)18-27)33(24-51)26-11-9-12-30(52)17-26/h6,26-33,35-43,48-52,54H,5,7-24,46-47H2,1-4H3/p+1/t26?,27?,28-,29?,30?,31?,32?,33-,35-,36?,37?,38+,39?,40?,41?,42?,43?,45-/m1/s1. The fourth-order valence-electron chi connectivity index (χ4n) is 12.7. The molecule has 2 saturated carbocycles. The van der Waals surface area contributed by atoms with E-state index in [1.807, 2.05) is 6.92 Å².